The smallest absolute Gasteiger partial charge is 0.241 e. The summed E-state index contributed by atoms with van der Waals surface area (Å²) in [5.41, 5.74) is 1.17. The molecule has 0 saturated carbocycles. The van der Waals surface area contributed by atoms with Crippen LogP contribution in [0.3, 0.4) is 0 Å². The van der Waals surface area contributed by atoms with Crippen LogP contribution < -0.4 is 0 Å². The van der Waals surface area contributed by atoms with Crippen molar-refractivity contribution in [1.29, 1.82) is 0 Å². The van der Waals surface area contributed by atoms with Crippen LogP contribution in [0.5, 0.6) is 0 Å². The number of halogens is 1. The quantitative estimate of drug-likeness (QED) is 0.579. The van der Waals surface area contributed by atoms with Gasteiger partial charge in [0.1, 0.15) is 0 Å². The maximum atomic E-state index is 5.86. The Kier molecular flexibility index (Phi) is 4.17. The molecule has 3 heteroatoms. The maximum absolute atomic E-state index is 5.86. The number of hydrogen-bond donors (Lipinski definition) is 0. The third-order valence-electron chi connectivity index (χ3n) is 1.71. The number of rotatable bonds is 3. The van der Waals surface area contributed by atoms with Gasteiger partial charge < -0.3 is 4.43 Å². The molecule has 82 valence electrons. The summed E-state index contributed by atoms with van der Waals surface area (Å²) in [7, 11) is -1.46. The van der Waals surface area contributed by atoms with Crippen molar-refractivity contribution in [3.8, 4) is 0 Å². The molecule has 1 aromatic rings. The fraction of sp³-hybridized carbons (Fsp3) is 0.333. The van der Waals surface area contributed by atoms with Gasteiger partial charge in [0, 0.05) is 4.47 Å². The highest BCUT2D eigenvalue weighted by Crippen LogP contribution is 2.16. The highest BCUT2D eigenvalue weighted by Gasteiger charge is 2.15. The zero-order valence-corrected chi connectivity index (χ0v) is 12.3. The molecule has 0 N–H and O–H groups in total. The Balaban J connectivity index is 2.75. The zero-order chi connectivity index (χ0) is 11.5. The van der Waals surface area contributed by atoms with Gasteiger partial charge in [0.2, 0.25) is 8.32 Å². The van der Waals surface area contributed by atoms with Gasteiger partial charge in [-0.1, -0.05) is 28.1 Å². The fourth-order valence-electron chi connectivity index (χ4n) is 1.31. The summed E-state index contributed by atoms with van der Waals surface area (Å²) in [5, 5.41) is 0. The van der Waals surface area contributed by atoms with E-state index in [4.69, 9.17) is 4.43 Å². The van der Waals surface area contributed by atoms with E-state index < -0.39 is 8.32 Å². The lowest BCUT2D eigenvalue weighted by atomic mass is 10.2. The molecule has 0 aliphatic carbocycles. The van der Waals surface area contributed by atoms with Crippen LogP contribution in [0.1, 0.15) is 12.5 Å². The van der Waals surface area contributed by atoms with Gasteiger partial charge in [-0.05, 0) is 50.3 Å². The summed E-state index contributed by atoms with van der Waals surface area (Å²) >= 11 is 3.42. The van der Waals surface area contributed by atoms with Gasteiger partial charge in [-0.15, -0.1) is 0 Å². The fourth-order valence-corrected chi connectivity index (χ4v) is 2.60. The van der Waals surface area contributed by atoms with Gasteiger partial charge in [-0.25, -0.2) is 0 Å². The number of hydrogen-bond acceptors (Lipinski definition) is 1. The van der Waals surface area contributed by atoms with Crippen LogP contribution in [-0.2, 0) is 4.43 Å². The van der Waals surface area contributed by atoms with Crippen molar-refractivity contribution in [2.75, 3.05) is 0 Å². The Hall–Kier alpha value is -0.543. The normalized spacial score (nSPS) is 12.7. The molecule has 0 radical (unpaired) electrons. The van der Waals surface area contributed by atoms with Crippen molar-refractivity contribution >= 4 is 30.3 Å². The largest absolute Gasteiger partial charge is 0.548 e. The standard InChI is InChI=1S/C12H17BrOSi/c1-10(14-15(2,3)4)9-11-5-7-12(13)8-6-11/h5-9H,1-4H3/b10-9-. The molecule has 0 saturated heterocycles. The molecule has 15 heavy (non-hydrogen) atoms. The monoisotopic (exact) mass is 284 g/mol. The molecule has 0 bridgehead atoms. The predicted molar refractivity (Wildman–Crippen MR) is 72.2 cm³/mol. The molecule has 1 rings (SSSR count). The van der Waals surface area contributed by atoms with Crippen LogP contribution in [0.15, 0.2) is 34.5 Å². The Labute approximate surface area is 101 Å². The molecule has 0 atom stereocenters. The Morgan fingerprint density at radius 3 is 2.20 bits per heavy atom. The molecule has 0 fully saturated rings. The lowest BCUT2D eigenvalue weighted by molar-refractivity contribution is 0.429. The first-order valence-corrected chi connectivity index (χ1v) is 9.20. The van der Waals surface area contributed by atoms with Crippen LogP contribution in [0, 0.1) is 0 Å². The molecule has 0 aliphatic heterocycles. The van der Waals surface area contributed by atoms with Crippen molar-refractivity contribution in [3.05, 3.63) is 40.1 Å². The second kappa shape index (κ2) is 4.99. The first kappa shape index (κ1) is 12.5. The highest BCUT2D eigenvalue weighted by molar-refractivity contribution is 9.10. The predicted octanol–water partition coefficient (Wildman–Crippen LogP) is 4.66. The minimum Gasteiger partial charge on any atom is -0.548 e. The number of benzene rings is 1. The van der Waals surface area contributed by atoms with E-state index in [0.29, 0.717) is 0 Å². The van der Waals surface area contributed by atoms with Gasteiger partial charge in [-0.2, -0.15) is 0 Å². The van der Waals surface area contributed by atoms with Crippen molar-refractivity contribution < 1.29 is 4.43 Å². The third-order valence-corrected chi connectivity index (χ3v) is 3.17. The minimum atomic E-state index is -1.46. The lowest BCUT2D eigenvalue weighted by Gasteiger charge is -2.19. The molecule has 0 spiro atoms. The van der Waals surface area contributed by atoms with E-state index in [0.717, 1.165) is 10.2 Å². The Bertz CT molecular complexity index is 349. The molecule has 0 amide bonds. The summed E-state index contributed by atoms with van der Waals surface area (Å²) in [6, 6.07) is 8.21. The van der Waals surface area contributed by atoms with Crippen LogP contribution in [0.2, 0.25) is 19.6 Å². The van der Waals surface area contributed by atoms with E-state index in [1.54, 1.807) is 0 Å². The zero-order valence-electron chi connectivity index (χ0n) is 9.67. The molecule has 0 aliphatic rings. The van der Waals surface area contributed by atoms with E-state index in [2.05, 4.69) is 53.8 Å². The Morgan fingerprint density at radius 1 is 1.20 bits per heavy atom. The molecule has 0 aromatic heterocycles. The summed E-state index contributed by atoms with van der Waals surface area (Å²) in [5.74, 6) is 0.997. The average Bonchev–Trinajstić information content (AvgIpc) is 2.05. The van der Waals surface area contributed by atoms with Crippen molar-refractivity contribution in [3.63, 3.8) is 0 Å². The van der Waals surface area contributed by atoms with E-state index in [1.807, 2.05) is 19.1 Å². The van der Waals surface area contributed by atoms with Gasteiger partial charge in [0.25, 0.3) is 0 Å². The molecule has 0 unspecified atom stereocenters. The van der Waals surface area contributed by atoms with E-state index in [1.165, 1.54) is 5.56 Å². The van der Waals surface area contributed by atoms with E-state index in [-0.39, 0.29) is 0 Å². The highest BCUT2D eigenvalue weighted by atomic mass is 79.9. The maximum Gasteiger partial charge on any atom is 0.241 e. The van der Waals surface area contributed by atoms with Gasteiger partial charge in [0.05, 0.1) is 5.76 Å². The Morgan fingerprint density at radius 2 is 1.73 bits per heavy atom. The average molecular weight is 285 g/mol. The second-order valence-electron chi connectivity index (χ2n) is 4.52. The lowest BCUT2D eigenvalue weighted by Crippen LogP contribution is -2.23. The molecular formula is C12H17BrOSi. The summed E-state index contributed by atoms with van der Waals surface area (Å²) in [4.78, 5) is 0. The number of allylic oxidation sites excluding steroid dienone is 1. The van der Waals surface area contributed by atoms with Crippen LogP contribution in [-0.4, -0.2) is 8.32 Å². The van der Waals surface area contributed by atoms with Gasteiger partial charge in [-0.3, -0.25) is 0 Å². The first-order valence-electron chi connectivity index (χ1n) is 5.00. The third kappa shape index (κ3) is 5.19. The molecule has 1 nitrogen and oxygen atoms in total. The molecule has 1 aromatic carbocycles. The van der Waals surface area contributed by atoms with Crippen LogP contribution in [0.25, 0.3) is 6.08 Å². The summed E-state index contributed by atoms with van der Waals surface area (Å²) in [6.45, 7) is 8.57. The van der Waals surface area contributed by atoms with Crippen LogP contribution in [0.4, 0.5) is 0 Å². The van der Waals surface area contributed by atoms with Gasteiger partial charge >= 0.3 is 0 Å². The van der Waals surface area contributed by atoms with E-state index in [9.17, 15) is 0 Å². The van der Waals surface area contributed by atoms with Crippen molar-refractivity contribution in [2.24, 2.45) is 0 Å². The molecular weight excluding hydrogens is 268 g/mol. The van der Waals surface area contributed by atoms with Crippen LogP contribution >= 0.6 is 15.9 Å². The van der Waals surface area contributed by atoms with Crippen molar-refractivity contribution in [1.82, 2.24) is 0 Å². The second-order valence-corrected chi connectivity index (χ2v) is 9.87. The summed E-state index contributed by atoms with van der Waals surface area (Å²) < 4.78 is 6.96. The topological polar surface area (TPSA) is 9.23 Å². The van der Waals surface area contributed by atoms with E-state index >= 15 is 0 Å². The first-order chi connectivity index (χ1) is 6.87. The molecule has 0 heterocycles. The minimum absolute atomic E-state index is 0.997. The SMILES string of the molecule is C/C(=C/c1ccc(Br)cc1)O[Si](C)(C)C. The summed E-state index contributed by atoms with van der Waals surface area (Å²) in [6.07, 6.45) is 2.07. The van der Waals surface area contributed by atoms with Gasteiger partial charge in [0.15, 0.2) is 0 Å². The van der Waals surface area contributed by atoms with Crippen molar-refractivity contribution in [2.45, 2.75) is 26.6 Å².